The molecule has 1 saturated carbocycles. The van der Waals surface area contributed by atoms with Gasteiger partial charge in [0, 0.05) is 18.5 Å². The number of carbonyl (C=O) groups excluding carboxylic acids is 1. The van der Waals surface area contributed by atoms with E-state index in [1.54, 1.807) is 24.3 Å². The largest absolute Gasteiger partial charge is 0.492 e. The molecule has 0 unspecified atom stereocenters. The first-order valence-corrected chi connectivity index (χ1v) is 12.3. The van der Waals surface area contributed by atoms with Crippen LogP contribution in [0.25, 0.3) is 6.08 Å². The number of rotatable bonds is 8. The van der Waals surface area contributed by atoms with E-state index in [0.29, 0.717) is 30.7 Å². The van der Waals surface area contributed by atoms with Crippen molar-refractivity contribution in [1.82, 2.24) is 5.32 Å². The van der Waals surface area contributed by atoms with Gasteiger partial charge >= 0.3 is 5.97 Å². The number of hydrogen-bond donors (Lipinski definition) is 2. The Morgan fingerprint density at radius 3 is 2.82 bits per heavy atom. The van der Waals surface area contributed by atoms with Gasteiger partial charge in [-0.05, 0) is 47.7 Å². The maximum absolute atomic E-state index is 13.9. The highest BCUT2D eigenvalue weighted by Crippen LogP contribution is 2.55. The van der Waals surface area contributed by atoms with Crippen LogP contribution in [0.15, 0.2) is 41.3 Å². The molecule has 0 radical (unpaired) electrons. The zero-order chi connectivity index (χ0) is 23.8. The van der Waals surface area contributed by atoms with Gasteiger partial charge in [0.1, 0.15) is 17.1 Å². The highest BCUT2D eigenvalue weighted by molar-refractivity contribution is 7.92. The summed E-state index contributed by atoms with van der Waals surface area (Å²) in [5.41, 5.74) is 1.19. The van der Waals surface area contributed by atoms with Gasteiger partial charge in [0.15, 0.2) is 0 Å². The Bertz CT molecular complexity index is 1210. The summed E-state index contributed by atoms with van der Waals surface area (Å²) in [6.45, 7) is 4.95. The summed E-state index contributed by atoms with van der Waals surface area (Å²) >= 11 is 0. The van der Waals surface area contributed by atoms with Crippen molar-refractivity contribution in [2.45, 2.75) is 37.1 Å². The number of sulfonamides is 1. The van der Waals surface area contributed by atoms with Crippen molar-refractivity contribution >= 4 is 27.8 Å². The van der Waals surface area contributed by atoms with Gasteiger partial charge in [0.25, 0.3) is 10.0 Å². The molecular weight excluding hydrogens is 447 g/mol. The van der Waals surface area contributed by atoms with Crippen LogP contribution in [-0.4, -0.2) is 40.7 Å². The van der Waals surface area contributed by atoms with E-state index in [1.807, 2.05) is 13.8 Å². The minimum Gasteiger partial charge on any atom is -0.492 e. The van der Waals surface area contributed by atoms with Crippen molar-refractivity contribution < 1.29 is 27.1 Å². The molecule has 4 rings (SSSR count). The lowest BCUT2D eigenvalue weighted by atomic mass is 10.0. The van der Waals surface area contributed by atoms with Crippen LogP contribution >= 0.6 is 0 Å². The molecule has 2 N–H and O–H groups in total. The van der Waals surface area contributed by atoms with Gasteiger partial charge in [0.2, 0.25) is 0 Å². The minimum absolute atomic E-state index is 0.0456. The molecule has 7 nitrogen and oxygen atoms in total. The molecule has 0 aromatic heterocycles. The summed E-state index contributed by atoms with van der Waals surface area (Å²) in [7, 11) is -2.93. The SMILES string of the molecule is COC(=O)c1c(NS(=O)(=O)c2ccc(F)cc2/C=C\CNC(C)C)ccc2c1OC[C@@H]1C[C@H]21. The lowest BCUT2D eigenvalue weighted by Crippen LogP contribution is -2.22. The van der Waals surface area contributed by atoms with Crippen LogP contribution < -0.4 is 14.8 Å². The van der Waals surface area contributed by atoms with E-state index in [2.05, 4.69) is 10.0 Å². The Morgan fingerprint density at radius 2 is 2.09 bits per heavy atom. The second-order valence-corrected chi connectivity index (χ2v) is 10.2. The number of benzene rings is 2. The van der Waals surface area contributed by atoms with Gasteiger partial charge in [0.05, 0.1) is 24.3 Å². The molecule has 1 heterocycles. The van der Waals surface area contributed by atoms with Gasteiger partial charge in [-0.3, -0.25) is 4.72 Å². The first-order chi connectivity index (χ1) is 15.7. The summed E-state index contributed by atoms with van der Waals surface area (Å²) in [6.07, 6.45) is 4.26. The molecular formula is C24H27FN2O5S. The summed E-state index contributed by atoms with van der Waals surface area (Å²) in [5, 5.41) is 3.18. The smallest absolute Gasteiger partial charge is 0.343 e. The van der Waals surface area contributed by atoms with Gasteiger partial charge < -0.3 is 14.8 Å². The highest BCUT2D eigenvalue weighted by atomic mass is 32.2. The lowest BCUT2D eigenvalue weighted by molar-refractivity contribution is 0.0596. The third-order valence-corrected chi connectivity index (χ3v) is 7.23. The molecule has 2 aromatic rings. The standard InChI is InChI=1S/C24H27FN2O5S/c1-14(2)26-10-4-5-15-11-17(25)6-9-21(15)33(29,30)27-20-8-7-18-19-12-16(19)13-32-23(18)22(20)24(28)31-3/h4-9,11,14,16,19,26-27H,10,12-13H2,1-3H3/b5-4-/t16-,19-/m0/s1. The van der Waals surface area contributed by atoms with Gasteiger partial charge in [-0.2, -0.15) is 0 Å². The van der Waals surface area contributed by atoms with Crippen LogP contribution in [0.3, 0.4) is 0 Å². The molecule has 0 spiro atoms. The molecule has 0 amide bonds. The third kappa shape index (κ3) is 4.89. The molecule has 1 fully saturated rings. The molecule has 1 aliphatic heterocycles. The average molecular weight is 475 g/mol. The zero-order valence-corrected chi connectivity index (χ0v) is 19.5. The molecule has 33 heavy (non-hydrogen) atoms. The van der Waals surface area contributed by atoms with E-state index < -0.39 is 21.8 Å². The van der Waals surface area contributed by atoms with Crippen molar-refractivity contribution in [3.05, 3.63) is 58.9 Å². The molecule has 1 aliphatic carbocycles. The third-order valence-electron chi connectivity index (χ3n) is 5.79. The van der Waals surface area contributed by atoms with Crippen molar-refractivity contribution in [3.63, 3.8) is 0 Å². The van der Waals surface area contributed by atoms with E-state index in [1.165, 1.54) is 13.2 Å². The van der Waals surface area contributed by atoms with Crippen LogP contribution in [0.4, 0.5) is 10.1 Å². The van der Waals surface area contributed by atoms with Gasteiger partial charge in [-0.1, -0.05) is 32.1 Å². The summed E-state index contributed by atoms with van der Waals surface area (Å²) in [6, 6.07) is 7.04. The monoisotopic (exact) mass is 474 g/mol. The topological polar surface area (TPSA) is 93.7 Å². The number of carbonyl (C=O) groups is 1. The van der Waals surface area contributed by atoms with Crippen LogP contribution in [0.1, 0.15) is 47.7 Å². The van der Waals surface area contributed by atoms with E-state index in [0.717, 1.165) is 24.1 Å². The fourth-order valence-corrected chi connectivity index (χ4v) is 5.28. The molecule has 2 atom stereocenters. The van der Waals surface area contributed by atoms with Crippen LogP contribution in [-0.2, 0) is 14.8 Å². The van der Waals surface area contributed by atoms with Crippen molar-refractivity contribution in [3.8, 4) is 5.75 Å². The number of methoxy groups -OCH3 is 1. The number of nitrogens with one attached hydrogen (secondary N) is 2. The van der Waals surface area contributed by atoms with Gasteiger partial charge in [-0.15, -0.1) is 0 Å². The van der Waals surface area contributed by atoms with E-state index in [9.17, 15) is 17.6 Å². The van der Waals surface area contributed by atoms with E-state index in [4.69, 9.17) is 9.47 Å². The Balaban J connectivity index is 1.69. The molecule has 2 aromatic carbocycles. The number of halogens is 1. The average Bonchev–Trinajstić information content (AvgIpc) is 3.55. The number of hydrogen-bond acceptors (Lipinski definition) is 6. The number of ether oxygens (including phenoxy) is 2. The predicted octanol–water partition coefficient (Wildman–Crippen LogP) is 3.92. The molecule has 0 saturated heterocycles. The maximum Gasteiger partial charge on any atom is 0.343 e. The highest BCUT2D eigenvalue weighted by Gasteiger charge is 2.45. The van der Waals surface area contributed by atoms with Crippen molar-refractivity contribution in [2.75, 3.05) is 25.0 Å². The summed E-state index contributed by atoms with van der Waals surface area (Å²) < 4.78 is 53.7. The van der Waals surface area contributed by atoms with Crippen molar-refractivity contribution in [1.29, 1.82) is 0 Å². The predicted molar refractivity (Wildman–Crippen MR) is 124 cm³/mol. The van der Waals surface area contributed by atoms with Crippen molar-refractivity contribution in [2.24, 2.45) is 5.92 Å². The van der Waals surface area contributed by atoms with Gasteiger partial charge in [-0.25, -0.2) is 17.6 Å². The zero-order valence-electron chi connectivity index (χ0n) is 18.7. The lowest BCUT2D eigenvalue weighted by Gasteiger charge is -2.22. The Hall–Kier alpha value is -2.91. The fourth-order valence-electron chi connectivity index (χ4n) is 4.02. The first-order valence-electron chi connectivity index (χ1n) is 10.8. The minimum atomic E-state index is -4.16. The number of fused-ring (bicyclic) bond motifs is 3. The second-order valence-electron chi connectivity index (χ2n) is 8.56. The Kier molecular flexibility index (Phi) is 6.45. The van der Waals surface area contributed by atoms with Crippen LogP contribution in [0.2, 0.25) is 0 Å². The molecule has 9 heteroatoms. The van der Waals surface area contributed by atoms with Crippen LogP contribution in [0.5, 0.6) is 5.75 Å². The quantitative estimate of drug-likeness (QED) is 0.564. The molecule has 0 bridgehead atoms. The van der Waals surface area contributed by atoms with E-state index >= 15 is 0 Å². The second kappa shape index (κ2) is 9.15. The number of anilines is 1. The maximum atomic E-state index is 13.9. The fraction of sp³-hybridized carbons (Fsp3) is 0.375. The summed E-state index contributed by atoms with van der Waals surface area (Å²) in [4.78, 5) is 12.5. The Labute approximate surface area is 193 Å². The first kappa shape index (κ1) is 23.3. The molecule has 176 valence electrons. The molecule has 2 aliphatic rings. The summed E-state index contributed by atoms with van der Waals surface area (Å²) in [5.74, 6) is -0.135. The van der Waals surface area contributed by atoms with E-state index in [-0.39, 0.29) is 27.8 Å². The Morgan fingerprint density at radius 1 is 1.30 bits per heavy atom. The normalized spacial score (nSPS) is 19.1. The number of esters is 1. The van der Waals surface area contributed by atoms with Crippen LogP contribution in [0, 0.1) is 11.7 Å².